The van der Waals surface area contributed by atoms with Crippen LogP contribution < -0.4 is 5.32 Å². The third-order valence-corrected chi connectivity index (χ3v) is 2.50. The average molecular weight is 187 g/mol. The molecule has 0 amide bonds. The van der Waals surface area contributed by atoms with Crippen molar-refractivity contribution in [3.63, 3.8) is 0 Å². The van der Waals surface area contributed by atoms with Gasteiger partial charge in [-0.2, -0.15) is 0 Å². The van der Waals surface area contributed by atoms with Crippen molar-refractivity contribution in [2.24, 2.45) is 0 Å². The summed E-state index contributed by atoms with van der Waals surface area (Å²) in [6.45, 7) is 9.01. The molecule has 0 aromatic rings. The largest absolute Gasteiger partial charge is 0.373 e. The van der Waals surface area contributed by atoms with Crippen molar-refractivity contribution in [3.05, 3.63) is 0 Å². The molecule has 1 saturated heterocycles. The topological polar surface area (TPSA) is 30.5 Å². The SMILES string of the molecule is CCC(C)OC(C)C1CNCCO1. The van der Waals surface area contributed by atoms with Gasteiger partial charge in [0.2, 0.25) is 0 Å². The number of nitrogens with one attached hydrogen (secondary N) is 1. The summed E-state index contributed by atoms with van der Waals surface area (Å²) in [5.41, 5.74) is 0. The van der Waals surface area contributed by atoms with Crippen molar-refractivity contribution in [1.29, 1.82) is 0 Å². The van der Waals surface area contributed by atoms with Gasteiger partial charge in [-0.05, 0) is 20.3 Å². The molecule has 0 aromatic carbocycles. The summed E-state index contributed by atoms with van der Waals surface area (Å²) >= 11 is 0. The van der Waals surface area contributed by atoms with Crippen LogP contribution in [0.1, 0.15) is 27.2 Å². The predicted octanol–water partition coefficient (Wildman–Crippen LogP) is 1.18. The van der Waals surface area contributed by atoms with E-state index in [1.165, 1.54) is 0 Å². The summed E-state index contributed by atoms with van der Waals surface area (Å²) < 4.78 is 11.4. The highest BCUT2D eigenvalue weighted by Gasteiger charge is 2.22. The zero-order valence-corrected chi connectivity index (χ0v) is 8.88. The fourth-order valence-corrected chi connectivity index (χ4v) is 1.44. The number of morpholine rings is 1. The number of ether oxygens (including phenoxy) is 2. The Balaban J connectivity index is 2.24. The van der Waals surface area contributed by atoms with E-state index in [9.17, 15) is 0 Å². The summed E-state index contributed by atoms with van der Waals surface area (Å²) in [4.78, 5) is 0. The van der Waals surface area contributed by atoms with E-state index in [0.29, 0.717) is 6.10 Å². The van der Waals surface area contributed by atoms with Crippen LogP contribution in [0.25, 0.3) is 0 Å². The van der Waals surface area contributed by atoms with E-state index in [2.05, 4.69) is 26.1 Å². The fourth-order valence-electron chi connectivity index (χ4n) is 1.44. The molecule has 1 aliphatic heterocycles. The first kappa shape index (κ1) is 11.0. The Morgan fingerprint density at radius 3 is 2.85 bits per heavy atom. The van der Waals surface area contributed by atoms with Crippen molar-refractivity contribution < 1.29 is 9.47 Å². The average Bonchev–Trinajstić information content (AvgIpc) is 2.19. The highest BCUT2D eigenvalue weighted by atomic mass is 16.5. The molecule has 1 rings (SSSR count). The summed E-state index contributed by atoms with van der Waals surface area (Å²) in [6.07, 6.45) is 1.82. The Kier molecular flexibility index (Phi) is 4.70. The lowest BCUT2D eigenvalue weighted by molar-refractivity contribution is -0.0983. The number of hydrogen-bond acceptors (Lipinski definition) is 3. The second-order valence-corrected chi connectivity index (χ2v) is 3.67. The summed E-state index contributed by atoms with van der Waals surface area (Å²) in [5, 5.41) is 3.30. The molecule has 3 unspecified atom stereocenters. The van der Waals surface area contributed by atoms with Crippen LogP contribution in [0.2, 0.25) is 0 Å². The molecule has 0 spiro atoms. The van der Waals surface area contributed by atoms with E-state index in [0.717, 1.165) is 26.1 Å². The molecule has 78 valence electrons. The van der Waals surface area contributed by atoms with E-state index in [4.69, 9.17) is 9.47 Å². The molecule has 3 atom stereocenters. The standard InChI is InChI=1S/C10H21NO2/c1-4-8(2)13-9(3)10-7-11-5-6-12-10/h8-11H,4-7H2,1-3H3. The van der Waals surface area contributed by atoms with E-state index < -0.39 is 0 Å². The van der Waals surface area contributed by atoms with Crippen LogP contribution in [0.3, 0.4) is 0 Å². The van der Waals surface area contributed by atoms with E-state index in [-0.39, 0.29) is 12.2 Å². The molecule has 3 nitrogen and oxygen atoms in total. The second-order valence-electron chi connectivity index (χ2n) is 3.67. The van der Waals surface area contributed by atoms with Gasteiger partial charge in [0.25, 0.3) is 0 Å². The maximum absolute atomic E-state index is 5.77. The van der Waals surface area contributed by atoms with Crippen molar-refractivity contribution in [2.75, 3.05) is 19.7 Å². The summed E-state index contributed by atoms with van der Waals surface area (Å²) in [6, 6.07) is 0. The zero-order valence-electron chi connectivity index (χ0n) is 8.88. The van der Waals surface area contributed by atoms with Crippen molar-refractivity contribution in [2.45, 2.75) is 45.5 Å². The Bertz CT molecular complexity index is 135. The molecule has 0 saturated carbocycles. The Morgan fingerprint density at radius 1 is 1.54 bits per heavy atom. The van der Waals surface area contributed by atoms with Crippen LogP contribution in [-0.4, -0.2) is 38.0 Å². The Morgan fingerprint density at radius 2 is 2.31 bits per heavy atom. The van der Waals surface area contributed by atoms with Gasteiger partial charge >= 0.3 is 0 Å². The zero-order chi connectivity index (χ0) is 9.68. The Labute approximate surface area is 80.8 Å². The molecule has 0 aliphatic carbocycles. The Hall–Kier alpha value is -0.120. The van der Waals surface area contributed by atoms with Crippen LogP contribution in [0.5, 0.6) is 0 Å². The lowest BCUT2D eigenvalue weighted by atomic mass is 10.2. The van der Waals surface area contributed by atoms with Gasteiger partial charge < -0.3 is 14.8 Å². The fraction of sp³-hybridized carbons (Fsp3) is 1.00. The van der Waals surface area contributed by atoms with Gasteiger partial charge in [-0.1, -0.05) is 6.92 Å². The molecule has 0 bridgehead atoms. The third kappa shape index (κ3) is 3.63. The molecule has 0 radical (unpaired) electrons. The molecule has 3 heteroatoms. The summed E-state index contributed by atoms with van der Waals surface area (Å²) in [7, 11) is 0. The lowest BCUT2D eigenvalue weighted by Crippen LogP contribution is -2.45. The maximum Gasteiger partial charge on any atom is 0.0958 e. The highest BCUT2D eigenvalue weighted by molar-refractivity contribution is 4.73. The number of rotatable bonds is 4. The van der Waals surface area contributed by atoms with Crippen LogP contribution in [0.4, 0.5) is 0 Å². The van der Waals surface area contributed by atoms with Gasteiger partial charge in [0, 0.05) is 13.1 Å². The van der Waals surface area contributed by atoms with Gasteiger partial charge in [0.1, 0.15) is 0 Å². The first-order valence-corrected chi connectivity index (χ1v) is 5.21. The van der Waals surface area contributed by atoms with E-state index in [1.807, 2.05) is 0 Å². The molecular formula is C10H21NO2. The quantitative estimate of drug-likeness (QED) is 0.717. The van der Waals surface area contributed by atoms with Gasteiger partial charge in [-0.15, -0.1) is 0 Å². The van der Waals surface area contributed by atoms with Crippen molar-refractivity contribution in [3.8, 4) is 0 Å². The van der Waals surface area contributed by atoms with Gasteiger partial charge in [-0.3, -0.25) is 0 Å². The van der Waals surface area contributed by atoms with Crippen molar-refractivity contribution in [1.82, 2.24) is 5.32 Å². The van der Waals surface area contributed by atoms with Crippen LogP contribution in [-0.2, 0) is 9.47 Å². The summed E-state index contributed by atoms with van der Waals surface area (Å²) in [5.74, 6) is 0. The molecule has 0 aromatic heterocycles. The first-order chi connectivity index (χ1) is 6.24. The van der Waals surface area contributed by atoms with Gasteiger partial charge in [0.05, 0.1) is 24.9 Å². The normalized spacial score (nSPS) is 28.4. The lowest BCUT2D eigenvalue weighted by Gasteiger charge is -2.30. The minimum absolute atomic E-state index is 0.197. The molecule has 1 aliphatic rings. The van der Waals surface area contributed by atoms with Crippen LogP contribution in [0, 0.1) is 0 Å². The minimum atomic E-state index is 0.197. The maximum atomic E-state index is 5.77. The molecule has 1 heterocycles. The minimum Gasteiger partial charge on any atom is -0.373 e. The molecule has 1 N–H and O–H groups in total. The van der Waals surface area contributed by atoms with Crippen LogP contribution in [0.15, 0.2) is 0 Å². The second kappa shape index (κ2) is 5.58. The van der Waals surface area contributed by atoms with E-state index in [1.54, 1.807) is 0 Å². The monoisotopic (exact) mass is 187 g/mol. The smallest absolute Gasteiger partial charge is 0.0958 e. The van der Waals surface area contributed by atoms with E-state index >= 15 is 0 Å². The molecule has 13 heavy (non-hydrogen) atoms. The molecule has 1 fully saturated rings. The van der Waals surface area contributed by atoms with Gasteiger partial charge in [0.15, 0.2) is 0 Å². The first-order valence-electron chi connectivity index (χ1n) is 5.21. The number of hydrogen-bond donors (Lipinski definition) is 1. The molecular weight excluding hydrogens is 166 g/mol. The highest BCUT2D eigenvalue weighted by Crippen LogP contribution is 2.09. The van der Waals surface area contributed by atoms with Crippen molar-refractivity contribution >= 4 is 0 Å². The van der Waals surface area contributed by atoms with Gasteiger partial charge in [-0.25, -0.2) is 0 Å². The predicted molar refractivity (Wildman–Crippen MR) is 52.9 cm³/mol. The van der Waals surface area contributed by atoms with Crippen LogP contribution >= 0.6 is 0 Å². The third-order valence-electron chi connectivity index (χ3n) is 2.50.